The number of hydrogen-bond donors (Lipinski definition) is 1. The Kier molecular flexibility index (Phi) is 9.02. The number of pyridine rings is 1. The highest BCUT2D eigenvalue weighted by Gasteiger charge is 2.31. The molecule has 1 aromatic heterocycles. The van der Waals surface area contributed by atoms with E-state index in [1.165, 1.54) is 36.4 Å². The maximum Gasteiger partial charge on any atom is 0.416 e. The predicted molar refractivity (Wildman–Crippen MR) is 146 cm³/mol. The fourth-order valence-electron chi connectivity index (χ4n) is 4.07. The summed E-state index contributed by atoms with van der Waals surface area (Å²) in [5, 5.41) is 0. The van der Waals surface area contributed by atoms with E-state index in [-0.39, 0.29) is 41.8 Å². The minimum absolute atomic E-state index is 0.134. The van der Waals surface area contributed by atoms with Gasteiger partial charge in [-0.2, -0.15) is 13.2 Å². The van der Waals surface area contributed by atoms with E-state index in [1.807, 2.05) is 0 Å². The molecular weight excluding hydrogens is 619 g/mol. The van der Waals surface area contributed by atoms with E-state index < -0.39 is 21.8 Å². The van der Waals surface area contributed by atoms with E-state index in [9.17, 15) is 26.4 Å². The van der Waals surface area contributed by atoms with Gasteiger partial charge in [0.05, 0.1) is 42.0 Å². The molecule has 1 N–H and O–H groups in total. The van der Waals surface area contributed by atoms with E-state index in [2.05, 4.69) is 25.6 Å². The molecule has 4 rings (SSSR count). The van der Waals surface area contributed by atoms with E-state index in [0.29, 0.717) is 41.1 Å². The lowest BCUT2D eigenvalue weighted by molar-refractivity contribution is -0.137. The minimum atomic E-state index is -4.47. The molecule has 0 aliphatic carbocycles. The van der Waals surface area contributed by atoms with Gasteiger partial charge in [0, 0.05) is 35.6 Å². The van der Waals surface area contributed by atoms with Crippen LogP contribution in [0.15, 0.2) is 53.1 Å². The molecule has 40 heavy (non-hydrogen) atoms. The number of carbonyl (C=O) groups is 1. The van der Waals surface area contributed by atoms with Crippen LogP contribution in [0.4, 0.5) is 24.5 Å². The number of ether oxygens (including phenoxy) is 3. The van der Waals surface area contributed by atoms with Gasteiger partial charge >= 0.3 is 6.18 Å². The smallest absolute Gasteiger partial charge is 0.416 e. The van der Waals surface area contributed by atoms with Crippen molar-refractivity contribution in [2.24, 2.45) is 0 Å². The number of rotatable bonds is 10. The van der Waals surface area contributed by atoms with Gasteiger partial charge in [0.15, 0.2) is 6.79 Å². The molecule has 214 valence electrons. The fourth-order valence-corrected chi connectivity index (χ4v) is 5.21. The number of fused-ring (bicyclic) bond motifs is 1. The van der Waals surface area contributed by atoms with Crippen LogP contribution in [0, 0.1) is 0 Å². The second-order valence-electron chi connectivity index (χ2n) is 8.84. The monoisotopic (exact) mass is 643 g/mol. The highest BCUT2D eigenvalue weighted by molar-refractivity contribution is 9.10. The molecule has 0 unspecified atom stereocenters. The summed E-state index contributed by atoms with van der Waals surface area (Å²) in [5.41, 5.74) is 1.70. The lowest BCUT2D eigenvalue weighted by atomic mass is 9.97. The number of methoxy groups -OCH3 is 1. The minimum Gasteiger partial charge on any atom is -0.465 e. The van der Waals surface area contributed by atoms with Crippen LogP contribution in [0.5, 0.6) is 5.75 Å². The van der Waals surface area contributed by atoms with Gasteiger partial charge in [-0.15, -0.1) is 0 Å². The zero-order chi connectivity index (χ0) is 29.1. The van der Waals surface area contributed by atoms with Crippen molar-refractivity contribution in [3.05, 3.63) is 69.8 Å². The van der Waals surface area contributed by atoms with Crippen LogP contribution in [0.25, 0.3) is 11.3 Å². The molecule has 0 bridgehead atoms. The molecule has 1 aliphatic heterocycles. The molecular formula is C26H25BrF3N3O6S. The Bertz CT molecular complexity index is 1520. The lowest BCUT2D eigenvalue weighted by Gasteiger charge is -2.29. The molecule has 0 radical (unpaired) electrons. The molecule has 0 atom stereocenters. The second-order valence-corrected chi connectivity index (χ2v) is 11.4. The number of nitrogens with zero attached hydrogens (tertiary/aromatic N) is 2. The number of halogens is 4. The van der Waals surface area contributed by atoms with Crippen molar-refractivity contribution in [1.82, 2.24) is 4.98 Å². The van der Waals surface area contributed by atoms with Crippen LogP contribution in [0.2, 0.25) is 0 Å². The van der Waals surface area contributed by atoms with Gasteiger partial charge in [0.2, 0.25) is 10.0 Å². The van der Waals surface area contributed by atoms with Crippen molar-refractivity contribution in [1.29, 1.82) is 0 Å². The summed E-state index contributed by atoms with van der Waals surface area (Å²) in [7, 11) is -2.13. The van der Waals surface area contributed by atoms with Crippen molar-refractivity contribution in [2.45, 2.75) is 12.6 Å². The molecule has 0 saturated heterocycles. The lowest BCUT2D eigenvalue weighted by Crippen LogP contribution is -2.37. The van der Waals surface area contributed by atoms with Gasteiger partial charge in [-0.05, 0) is 48.4 Å². The molecule has 1 aliphatic rings. The Hall–Kier alpha value is -3.20. The van der Waals surface area contributed by atoms with Crippen molar-refractivity contribution in [3.63, 3.8) is 0 Å². The first kappa shape index (κ1) is 29.8. The third kappa shape index (κ3) is 7.11. The molecule has 14 heteroatoms. The van der Waals surface area contributed by atoms with E-state index >= 15 is 0 Å². The zero-order valence-corrected chi connectivity index (χ0v) is 23.8. The van der Waals surface area contributed by atoms with Gasteiger partial charge in [0.25, 0.3) is 5.91 Å². The van der Waals surface area contributed by atoms with Gasteiger partial charge in [-0.1, -0.05) is 22.0 Å². The summed E-state index contributed by atoms with van der Waals surface area (Å²) < 4.78 is 81.4. The van der Waals surface area contributed by atoms with Crippen molar-refractivity contribution >= 4 is 43.2 Å². The normalized spacial score (nSPS) is 13.8. The van der Waals surface area contributed by atoms with Gasteiger partial charge in [0.1, 0.15) is 5.75 Å². The highest BCUT2D eigenvalue weighted by atomic mass is 79.9. The van der Waals surface area contributed by atoms with Crippen LogP contribution < -0.4 is 14.4 Å². The first-order valence-corrected chi connectivity index (χ1v) is 14.5. The van der Waals surface area contributed by atoms with Crippen LogP contribution >= 0.6 is 15.9 Å². The number of anilines is 2. The number of benzene rings is 2. The molecule has 0 spiro atoms. The number of carbonyl (C=O) groups excluding carboxylic acids is 1. The standard InChI is InChI=1S/C26H25BrF3N3O6S/c1-37-9-10-38-15-39-24-6-4-18(13-23(24)32-40(2,35)36)33-8-7-16-11-22(31-14-20(16)25(33)34)19-5-3-17(12-21(19)27)26(28,29)30/h3-6,11-14,32H,7-10,15H2,1-2H3. The number of sulfonamides is 1. The Labute approximate surface area is 237 Å². The first-order valence-electron chi connectivity index (χ1n) is 11.9. The highest BCUT2D eigenvalue weighted by Crippen LogP contribution is 2.37. The molecule has 2 aromatic carbocycles. The van der Waals surface area contributed by atoms with Gasteiger partial charge in [-0.3, -0.25) is 14.5 Å². The Balaban J connectivity index is 1.57. The van der Waals surface area contributed by atoms with Crippen molar-refractivity contribution in [2.75, 3.05) is 49.5 Å². The molecule has 0 fully saturated rings. The van der Waals surface area contributed by atoms with Crippen LogP contribution in [-0.4, -0.2) is 59.2 Å². The van der Waals surface area contributed by atoms with Crippen LogP contribution in [0.1, 0.15) is 21.5 Å². The van der Waals surface area contributed by atoms with E-state index in [4.69, 9.17) is 14.2 Å². The topological polar surface area (TPSA) is 107 Å². The fraction of sp³-hybridized carbons (Fsp3) is 0.308. The number of amides is 1. The third-order valence-electron chi connectivity index (χ3n) is 5.94. The number of hydrogen-bond acceptors (Lipinski definition) is 7. The summed E-state index contributed by atoms with van der Waals surface area (Å²) in [4.78, 5) is 19.2. The van der Waals surface area contributed by atoms with Gasteiger partial charge < -0.3 is 19.1 Å². The molecule has 9 nitrogen and oxygen atoms in total. The van der Waals surface area contributed by atoms with E-state index in [0.717, 1.165) is 18.4 Å². The molecule has 3 aromatic rings. The van der Waals surface area contributed by atoms with Crippen molar-refractivity contribution < 1.29 is 40.6 Å². The first-order chi connectivity index (χ1) is 18.9. The Morgan fingerprint density at radius 1 is 1.10 bits per heavy atom. The average molecular weight is 644 g/mol. The van der Waals surface area contributed by atoms with Gasteiger partial charge in [-0.25, -0.2) is 8.42 Å². The zero-order valence-electron chi connectivity index (χ0n) is 21.4. The number of aromatic nitrogens is 1. The molecule has 2 heterocycles. The maximum atomic E-state index is 13.4. The van der Waals surface area contributed by atoms with E-state index in [1.54, 1.807) is 12.1 Å². The summed E-state index contributed by atoms with van der Waals surface area (Å²) in [6.45, 7) is 0.798. The summed E-state index contributed by atoms with van der Waals surface area (Å²) in [6, 6.07) is 9.66. The molecule has 0 saturated carbocycles. The predicted octanol–water partition coefficient (Wildman–Crippen LogP) is 5.10. The Morgan fingerprint density at radius 3 is 2.55 bits per heavy atom. The number of alkyl halides is 3. The summed E-state index contributed by atoms with van der Waals surface area (Å²) in [5.74, 6) is -0.140. The summed E-state index contributed by atoms with van der Waals surface area (Å²) in [6.07, 6.45) is -1.64. The SMILES string of the molecule is COCCOCOc1ccc(N2CCc3cc(-c4ccc(C(F)(F)F)cc4Br)ncc3C2=O)cc1NS(C)(=O)=O. The number of nitrogens with one attached hydrogen (secondary N) is 1. The third-order valence-corrected chi connectivity index (χ3v) is 7.19. The molecule has 1 amide bonds. The second kappa shape index (κ2) is 12.1. The summed E-state index contributed by atoms with van der Waals surface area (Å²) >= 11 is 3.20. The van der Waals surface area contributed by atoms with Crippen LogP contribution in [-0.2, 0) is 32.1 Å². The maximum absolute atomic E-state index is 13.4. The average Bonchev–Trinajstić information content (AvgIpc) is 2.88. The largest absolute Gasteiger partial charge is 0.465 e. The Morgan fingerprint density at radius 2 is 1.88 bits per heavy atom. The van der Waals surface area contributed by atoms with Crippen LogP contribution in [0.3, 0.4) is 0 Å². The van der Waals surface area contributed by atoms with Crippen molar-refractivity contribution in [3.8, 4) is 17.0 Å². The quantitative estimate of drug-likeness (QED) is 0.242.